The van der Waals surface area contributed by atoms with Crippen LogP contribution in [0.1, 0.15) is 16.1 Å². The number of fused-ring (bicyclic) bond motifs is 1. The molecule has 4 rings (SSSR count). The van der Waals surface area contributed by atoms with Crippen LogP contribution in [0.4, 0.5) is 0 Å². The van der Waals surface area contributed by atoms with Gasteiger partial charge in [-0.1, -0.05) is 11.6 Å². The molecule has 0 fully saturated rings. The van der Waals surface area contributed by atoms with E-state index >= 15 is 0 Å². The van der Waals surface area contributed by atoms with E-state index in [0.717, 1.165) is 0 Å². The lowest BCUT2D eigenvalue weighted by atomic mass is 10.1. The molecule has 2 aromatic carbocycles. The highest BCUT2D eigenvalue weighted by molar-refractivity contribution is 6.30. The zero-order valence-electron chi connectivity index (χ0n) is 19.0. The van der Waals surface area contributed by atoms with E-state index < -0.39 is 5.91 Å². The number of methoxy groups -OCH3 is 3. The molecule has 0 saturated heterocycles. The molecule has 10 nitrogen and oxygen atoms in total. The number of nitrogens with zero attached hydrogens (tertiary/aromatic N) is 4. The van der Waals surface area contributed by atoms with Crippen molar-refractivity contribution < 1.29 is 19.0 Å². The first-order chi connectivity index (χ1) is 16.4. The first-order valence-electron chi connectivity index (χ1n) is 10.1. The summed E-state index contributed by atoms with van der Waals surface area (Å²) in [6.07, 6.45) is 1.36. The Hall–Kier alpha value is -4.05. The number of benzene rings is 2. The molecule has 0 unspecified atom stereocenters. The summed E-state index contributed by atoms with van der Waals surface area (Å²) in [5.74, 6) is 0.891. The number of amides is 1. The molecule has 2 heterocycles. The number of aryl methyl sites for hydroxylation is 1. The van der Waals surface area contributed by atoms with E-state index in [1.807, 2.05) is 0 Å². The predicted octanol–water partition coefficient (Wildman–Crippen LogP) is 2.73. The second-order valence-electron chi connectivity index (χ2n) is 7.31. The molecule has 1 N–H and O–H groups in total. The van der Waals surface area contributed by atoms with Crippen LogP contribution in [0.3, 0.4) is 0 Å². The van der Waals surface area contributed by atoms with Gasteiger partial charge in [-0.25, -0.2) is 9.67 Å². The van der Waals surface area contributed by atoms with E-state index in [2.05, 4.69) is 15.4 Å². The molecule has 11 heteroatoms. The monoisotopic (exact) mass is 483 g/mol. The number of carbonyl (C=O) groups is 1. The molecule has 0 spiro atoms. The summed E-state index contributed by atoms with van der Waals surface area (Å²) in [6, 6.07) is 10.2. The zero-order valence-corrected chi connectivity index (χ0v) is 19.7. The van der Waals surface area contributed by atoms with Crippen LogP contribution in [-0.4, -0.2) is 46.6 Å². The van der Waals surface area contributed by atoms with Crippen molar-refractivity contribution in [3.63, 3.8) is 0 Å². The van der Waals surface area contributed by atoms with Crippen LogP contribution in [0.2, 0.25) is 5.02 Å². The number of nitrogens with one attached hydrogen (secondary N) is 1. The molecule has 0 radical (unpaired) electrons. The van der Waals surface area contributed by atoms with E-state index in [1.54, 1.807) is 43.4 Å². The maximum Gasteiger partial charge on any atom is 0.279 e. The van der Waals surface area contributed by atoms with Crippen LogP contribution in [-0.2, 0) is 13.6 Å². The van der Waals surface area contributed by atoms with Crippen molar-refractivity contribution in [2.75, 3.05) is 21.3 Å². The third-order valence-electron chi connectivity index (χ3n) is 5.21. The zero-order chi connectivity index (χ0) is 24.4. The highest BCUT2D eigenvalue weighted by Gasteiger charge is 2.22. The Morgan fingerprint density at radius 2 is 1.71 bits per heavy atom. The van der Waals surface area contributed by atoms with Crippen molar-refractivity contribution in [2.45, 2.75) is 6.54 Å². The minimum Gasteiger partial charge on any atom is -0.493 e. The number of hydrogen-bond acceptors (Lipinski definition) is 7. The molecule has 4 aromatic rings. The number of aromatic nitrogens is 4. The van der Waals surface area contributed by atoms with Gasteiger partial charge in [-0.3, -0.25) is 9.59 Å². The first kappa shape index (κ1) is 23.1. The predicted molar refractivity (Wildman–Crippen MR) is 126 cm³/mol. The Labute approximate surface area is 199 Å². The Bertz CT molecular complexity index is 1400. The Morgan fingerprint density at radius 3 is 2.29 bits per heavy atom. The smallest absolute Gasteiger partial charge is 0.279 e. The number of ether oxygens (including phenoxy) is 3. The van der Waals surface area contributed by atoms with Crippen LogP contribution < -0.4 is 25.1 Å². The number of hydrogen-bond donors (Lipinski definition) is 1. The van der Waals surface area contributed by atoms with Gasteiger partial charge in [-0.15, -0.1) is 0 Å². The van der Waals surface area contributed by atoms with Crippen LogP contribution in [0.25, 0.3) is 16.7 Å². The van der Waals surface area contributed by atoms with Crippen LogP contribution >= 0.6 is 11.6 Å². The van der Waals surface area contributed by atoms with Gasteiger partial charge < -0.3 is 24.1 Å². The lowest BCUT2D eigenvalue weighted by Gasteiger charge is -2.14. The number of halogens is 1. The minimum atomic E-state index is -0.493. The third-order valence-corrected chi connectivity index (χ3v) is 5.46. The van der Waals surface area contributed by atoms with Gasteiger partial charge in [-0.05, 0) is 42.0 Å². The van der Waals surface area contributed by atoms with Crippen molar-refractivity contribution in [3.8, 4) is 22.9 Å². The Morgan fingerprint density at radius 1 is 1.06 bits per heavy atom. The van der Waals surface area contributed by atoms with E-state index in [0.29, 0.717) is 33.5 Å². The van der Waals surface area contributed by atoms with Crippen molar-refractivity contribution in [3.05, 3.63) is 69.4 Å². The van der Waals surface area contributed by atoms with E-state index in [-0.39, 0.29) is 28.8 Å². The minimum absolute atomic E-state index is 0.0232. The molecule has 34 heavy (non-hydrogen) atoms. The van der Waals surface area contributed by atoms with Crippen molar-refractivity contribution >= 4 is 28.5 Å². The standard InChI is InChI=1S/C23H22ClN5O5/c1-28-12-26-18-19(27-29(20(18)23(28)31)15-7-5-14(24)6-8-15)22(30)25-11-13-9-16(32-2)21(34-4)17(10-13)33-3/h5-10,12H,11H2,1-4H3,(H,25,30). The summed E-state index contributed by atoms with van der Waals surface area (Å²) >= 11 is 5.99. The second-order valence-corrected chi connectivity index (χ2v) is 7.75. The molecule has 0 bridgehead atoms. The number of carbonyl (C=O) groups excluding carboxylic acids is 1. The SMILES string of the molecule is COc1cc(CNC(=O)c2nn(-c3ccc(Cl)cc3)c3c(=O)n(C)cnc23)cc(OC)c1OC. The molecular formula is C23H22ClN5O5. The summed E-state index contributed by atoms with van der Waals surface area (Å²) in [6.45, 7) is 0.149. The van der Waals surface area contributed by atoms with Crippen molar-refractivity contribution in [1.29, 1.82) is 0 Å². The first-order valence-corrected chi connectivity index (χ1v) is 10.5. The normalized spacial score (nSPS) is 10.9. The Balaban J connectivity index is 1.71. The molecule has 0 atom stereocenters. The summed E-state index contributed by atoms with van der Waals surface area (Å²) in [7, 11) is 6.13. The third kappa shape index (κ3) is 4.15. The molecule has 1 amide bonds. The van der Waals surface area contributed by atoms with Crippen LogP contribution in [0.15, 0.2) is 47.5 Å². The largest absolute Gasteiger partial charge is 0.493 e. The average Bonchev–Trinajstić information content (AvgIpc) is 3.24. The van der Waals surface area contributed by atoms with Crippen molar-refractivity contribution in [1.82, 2.24) is 24.6 Å². The second kappa shape index (κ2) is 9.44. The average molecular weight is 484 g/mol. The lowest BCUT2D eigenvalue weighted by Crippen LogP contribution is -2.24. The molecule has 2 aromatic heterocycles. The fraction of sp³-hybridized carbons (Fsp3) is 0.217. The summed E-state index contributed by atoms with van der Waals surface area (Å²) in [5, 5.41) is 7.77. The summed E-state index contributed by atoms with van der Waals surface area (Å²) in [5.41, 5.74) is 1.35. The highest BCUT2D eigenvalue weighted by atomic mass is 35.5. The highest BCUT2D eigenvalue weighted by Crippen LogP contribution is 2.38. The quantitative estimate of drug-likeness (QED) is 0.430. The molecule has 0 aliphatic heterocycles. The van der Waals surface area contributed by atoms with Gasteiger partial charge in [-0.2, -0.15) is 5.10 Å². The van der Waals surface area contributed by atoms with Gasteiger partial charge in [0.1, 0.15) is 5.52 Å². The summed E-state index contributed by atoms with van der Waals surface area (Å²) in [4.78, 5) is 30.3. The molecular weight excluding hydrogens is 462 g/mol. The molecule has 0 aliphatic rings. The molecule has 0 aliphatic carbocycles. The van der Waals surface area contributed by atoms with Gasteiger partial charge >= 0.3 is 0 Å². The molecule has 0 saturated carbocycles. The van der Waals surface area contributed by atoms with Gasteiger partial charge in [0, 0.05) is 18.6 Å². The topological polar surface area (TPSA) is 110 Å². The maximum absolute atomic E-state index is 13.1. The van der Waals surface area contributed by atoms with Gasteiger partial charge in [0.15, 0.2) is 22.7 Å². The van der Waals surface area contributed by atoms with Gasteiger partial charge in [0.25, 0.3) is 11.5 Å². The van der Waals surface area contributed by atoms with Gasteiger partial charge in [0.2, 0.25) is 5.75 Å². The lowest BCUT2D eigenvalue weighted by molar-refractivity contribution is 0.0946. The van der Waals surface area contributed by atoms with E-state index in [4.69, 9.17) is 25.8 Å². The fourth-order valence-corrected chi connectivity index (χ4v) is 3.64. The van der Waals surface area contributed by atoms with Crippen LogP contribution in [0.5, 0.6) is 17.2 Å². The number of rotatable bonds is 7. The maximum atomic E-state index is 13.1. The van der Waals surface area contributed by atoms with Gasteiger partial charge in [0.05, 0.1) is 33.3 Å². The van der Waals surface area contributed by atoms with E-state index in [1.165, 1.54) is 36.9 Å². The summed E-state index contributed by atoms with van der Waals surface area (Å²) < 4.78 is 18.8. The Kier molecular flexibility index (Phi) is 6.42. The van der Waals surface area contributed by atoms with Crippen LogP contribution in [0, 0.1) is 0 Å². The fourth-order valence-electron chi connectivity index (χ4n) is 3.51. The molecule has 176 valence electrons. The van der Waals surface area contributed by atoms with E-state index in [9.17, 15) is 9.59 Å². The van der Waals surface area contributed by atoms with Crippen molar-refractivity contribution in [2.24, 2.45) is 7.05 Å².